The third-order valence-electron chi connectivity index (χ3n) is 2.58. The fourth-order valence-corrected chi connectivity index (χ4v) is 2.96. The molecule has 0 aliphatic rings. The van der Waals surface area contributed by atoms with Crippen LogP contribution in [0.2, 0.25) is 10.0 Å². The Labute approximate surface area is 120 Å². The molecule has 0 amide bonds. The number of aryl methyl sites for hydroxylation is 1. The molecule has 0 spiro atoms. The number of hydrogen-bond donors (Lipinski definition) is 2. The number of halogens is 2. The average Bonchev–Trinajstić information content (AvgIpc) is 2.75. The lowest BCUT2D eigenvalue weighted by Gasteiger charge is -2.16. The molecule has 3 nitrogen and oxygen atoms in total. The largest absolute Gasteiger partial charge is 0.271 e. The predicted molar refractivity (Wildman–Crippen MR) is 77.1 cm³/mol. The van der Waals surface area contributed by atoms with Crippen LogP contribution in [0.1, 0.15) is 22.3 Å². The van der Waals surface area contributed by atoms with E-state index in [2.05, 4.69) is 10.4 Å². The Balaban J connectivity index is 2.25. The standard InChI is InChI=1S/C12H13Cl2N3S/c1-7-6-18-12(16-7)5-11(17-15)9-4-8(13)2-3-10(9)14/h2-4,6,11,17H,5,15H2,1H3. The second-order valence-electron chi connectivity index (χ2n) is 3.97. The SMILES string of the molecule is Cc1csc(CC(NN)c2cc(Cl)ccc2Cl)n1. The van der Waals surface area contributed by atoms with Crippen molar-refractivity contribution in [1.29, 1.82) is 0 Å². The summed E-state index contributed by atoms with van der Waals surface area (Å²) in [7, 11) is 0. The highest BCUT2D eigenvalue weighted by atomic mass is 35.5. The van der Waals surface area contributed by atoms with E-state index in [4.69, 9.17) is 29.0 Å². The van der Waals surface area contributed by atoms with Gasteiger partial charge in [-0.15, -0.1) is 11.3 Å². The maximum absolute atomic E-state index is 6.17. The molecule has 0 saturated carbocycles. The first-order valence-electron chi connectivity index (χ1n) is 5.42. The summed E-state index contributed by atoms with van der Waals surface area (Å²) < 4.78 is 0. The number of hydrazine groups is 1. The Morgan fingerprint density at radius 3 is 2.83 bits per heavy atom. The lowest BCUT2D eigenvalue weighted by Crippen LogP contribution is -2.29. The molecule has 96 valence electrons. The summed E-state index contributed by atoms with van der Waals surface area (Å²) in [5.74, 6) is 5.60. The summed E-state index contributed by atoms with van der Waals surface area (Å²) in [6.45, 7) is 1.97. The topological polar surface area (TPSA) is 50.9 Å². The van der Waals surface area contributed by atoms with Crippen LogP contribution >= 0.6 is 34.5 Å². The van der Waals surface area contributed by atoms with Crippen LogP contribution in [0, 0.1) is 6.92 Å². The van der Waals surface area contributed by atoms with Crippen molar-refractivity contribution >= 4 is 34.5 Å². The van der Waals surface area contributed by atoms with Crippen molar-refractivity contribution in [3.05, 3.63) is 49.9 Å². The van der Waals surface area contributed by atoms with E-state index < -0.39 is 0 Å². The molecule has 18 heavy (non-hydrogen) atoms. The molecule has 0 fully saturated rings. The zero-order valence-electron chi connectivity index (χ0n) is 9.78. The second-order valence-corrected chi connectivity index (χ2v) is 5.76. The van der Waals surface area contributed by atoms with Gasteiger partial charge in [0.2, 0.25) is 0 Å². The van der Waals surface area contributed by atoms with Crippen molar-refractivity contribution in [3.8, 4) is 0 Å². The minimum Gasteiger partial charge on any atom is -0.271 e. The van der Waals surface area contributed by atoms with Crippen molar-refractivity contribution in [2.45, 2.75) is 19.4 Å². The van der Waals surface area contributed by atoms with Crippen molar-refractivity contribution < 1.29 is 0 Å². The Kier molecular flexibility index (Phi) is 4.59. The molecule has 1 unspecified atom stereocenters. The zero-order chi connectivity index (χ0) is 13.1. The van der Waals surface area contributed by atoms with Crippen LogP contribution in [0.15, 0.2) is 23.6 Å². The molecule has 0 bridgehead atoms. The number of aromatic nitrogens is 1. The maximum atomic E-state index is 6.17. The lowest BCUT2D eigenvalue weighted by molar-refractivity contribution is 0.550. The van der Waals surface area contributed by atoms with Gasteiger partial charge >= 0.3 is 0 Å². The predicted octanol–water partition coefficient (Wildman–Crippen LogP) is 3.51. The summed E-state index contributed by atoms with van der Waals surface area (Å²) in [5, 5.41) is 4.33. The highest BCUT2D eigenvalue weighted by Gasteiger charge is 2.16. The molecule has 0 aliphatic carbocycles. The molecule has 1 heterocycles. The van der Waals surface area contributed by atoms with Crippen molar-refractivity contribution in [2.24, 2.45) is 5.84 Å². The minimum atomic E-state index is -0.0956. The van der Waals surface area contributed by atoms with Crippen LogP contribution in [-0.2, 0) is 6.42 Å². The number of nitrogens with one attached hydrogen (secondary N) is 1. The number of thiazole rings is 1. The quantitative estimate of drug-likeness (QED) is 0.671. The third kappa shape index (κ3) is 3.22. The molecule has 0 radical (unpaired) electrons. The van der Waals surface area contributed by atoms with Crippen molar-refractivity contribution in [3.63, 3.8) is 0 Å². The molecule has 3 N–H and O–H groups in total. The maximum Gasteiger partial charge on any atom is 0.0947 e. The minimum absolute atomic E-state index is 0.0956. The van der Waals surface area contributed by atoms with Crippen LogP contribution in [-0.4, -0.2) is 4.98 Å². The number of nitrogens with zero attached hydrogens (tertiary/aromatic N) is 1. The molecule has 1 aromatic heterocycles. The molecular formula is C12H13Cl2N3S. The molecular weight excluding hydrogens is 289 g/mol. The normalized spacial score (nSPS) is 12.7. The van der Waals surface area contributed by atoms with Crippen LogP contribution in [0.5, 0.6) is 0 Å². The summed E-state index contributed by atoms with van der Waals surface area (Å²) in [6, 6.07) is 5.27. The number of benzene rings is 1. The lowest BCUT2D eigenvalue weighted by atomic mass is 10.0. The first-order valence-corrected chi connectivity index (χ1v) is 7.06. The van der Waals surface area contributed by atoms with E-state index >= 15 is 0 Å². The summed E-state index contributed by atoms with van der Waals surface area (Å²) in [5.41, 5.74) is 4.67. The van der Waals surface area contributed by atoms with E-state index in [9.17, 15) is 0 Å². The van der Waals surface area contributed by atoms with Gasteiger partial charge in [-0.25, -0.2) is 4.98 Å². The number of hydrogen-bond acceptors (Lipinski definition) is 4. The van der Waals surface area contributed by atoms with Gasteiger partial charge in [0.1, 0.15) is 0 Å². The fourth-order valence-electron chi connectivity index (χ4n) is 1.71. The van der Waals surface area contributed by atoms with Gasteiger partial charge < -0.3 is 0 Å². The highest BCUT2D eigenvalue weighted by molar-refractivity contribution is 7.09. The van der Waals surface area contributed by atoms with Gasteiger partial charge in [0.05, 0.1) is 11.0 Å². The van der Waals surface area contributed by atoms with Crippen molar-refractivity contribution in [2.75, 3.05) is 0 Å². The molecule has 0 saturated heterocycles. The van der Waals surface area contributed by atoms with E-state index in [1.54, 1.807) is 23.5 Å². The number of nitrogens with two attached hydrogens (primary N) is 1. The molecule has 6 heteroatoms. The first-order chi connectivity index (χ1) is 8.60. The van der Waals surface area contributed by atoms with Crippen LogP contribution in [0.4, 0.5) is 0 Å². The first kappa shape index (κ1) is 13.8. The van der Waals surface area contributed by atoms with Gasteiger partial charge in [-0.1, -0.05) is 23.2 Å². The van der Waals surface area contributed by atoms with Crippen LogP contribution < -0.4 is 11.3 Å². The Morgan fingerprint density at radius 1 is 1.44 bits per heavy atom. The average molecular weight is 302 g/mol. The van der Waals surface area contributed by atoms with E-state index in [0.29, 0.717) is 16.5 Å². The van der Waals surface area contributed by atoms with Gasteiger partial charge in [-0.05, 0) is 30.7 Å². The summed E-state index contributed by atoms with van der Waals surface area (Å²) in [4.78, 5) is 4.42. The molecule has 0 aliphatic heterocycles. The van der Waals surface area contributed by atoms with E-state index in [-0.39, 0.29) is 6.04 Å². The molecule has 1 aromatic carbocycles. The Morgan fingerprint density at radius 2 is 2.22 bits per heavy atom. The molecule has 2 rings (SSSR count). The van der Waals surface area contributed by atoms with Gasteiger partial charge in [0, 0.05) is 27.5 Å². The van der Waals surface area contributed by atoms with E-state index in [0.717, 1.165) is 16.3 Å². The monoisotopic (exact) mass is 301 g/mol. The fraction of sp³-hybridized carbons (Fsp3) is 0.250. The van der Waals surface area contributed by atoms with Gasteiger partial charge in [-0.3, -0.25) is 11.3 Å². The Hall–Kier alpha value is -0.650. The molecule has 2 aromatic rings. The highest BCUT2D eigenvalue weighted by Crippen LogP contribution is 2.28. The van der Waals surface area contributed by atoms with Gasteiger partial charge in [0.25, 0.3) is 0 Å². The summed E-state index contributed by atoms with van der Waals surface area (Å²) >= 11 is 13.8. The number of rotatable bonds is 4. The smallest absolute Gasteiger partial charge is 0.0947 e. The van der Waals surface area contributed by atoms with E-state index in [1.807, 2.05) is 18.4 Å². The second kappa shape index (κ2) is 5.99. The van der Waals surface area contributed by atoms with Crippen molar-refractivity contribution in [1.82, 2.24) is 10.4 Å². The van der Waals surface area contributed by atoms with Gasteiger partial charge in [0.15, 0.2) is 0 Å². The third-order valence-corrected chi connectivity index (χ3v) is 4.15. The summed E-state index contributed by atoms with van der Waals surface area (Å²) in [6.07, 6.45) is 0.690. The van der Waals surface area contributed by atoms with Crippen LogP contribution in [0.25, 0.3) is 0 Å². The Bertz CT molecular complexity index is 542. The zero-order valence-corrected chi connectivity index (χ0v) is 12.1. The molecule has 1 atom stereocenters. The van der Waals surface area contributed by atoms with E-state index in [1.165, 1.54) is 0 Å². The van der Waals surface area contributed by atoms with Gasteiger partial charge in [-0.2, -0.15) is 0 Å². The van der Waals surface area contributed by atoms with Crippen LogP contribution in [0.3, 0.4) is 0 Å².